The quantitative estimate of drug-likeness (QED) is 0.195. The second kappa shape index (κ2) is 20.8. The van der Waals surface area contributed by atoms with Crippen LogP contribution < -0.4 is 5.32 Å². The summed E-state index contributed by atoms with van der Waals surface area (Å²) in [5, 5.41) is 26.7. The smallest absolute Gasteiger partial charge is 0.316 e. The van der Waals surface area contributed by atoms with Gasteiger partial charge in [-0.15, -0.1) is 0 Å². The highest BCUT2D eigenvalue weighted by molar-refractivity contribution is 5.78. The van der Waals surface area contributed by atoms with E-state index in [9.17, 15) is 19.8 Å². The van der Waals surface area contributed by atoms with Crippen LogP contribution in [0.2, 0.25) is 0 Å². The van der Waals surface area contributed by atoms with E-state index in [0.717, 1.165) is 12.0 Å². The molecule has 6 heterocycles. The summed E-state index contributed by atoms with van der Waals surface area (Å²) < 4.78 is 64.4. The molecular formula is C50H75NO14. The number of fused-ring (bicyclic) bond motifs is 2. The van der Waals surface area contributed by atoms with Crippen LogP contribution in [0.1, 0.15) is 101 Å². The molecule has 0 saturated carbocycles. The minimum Gasteiger partial charge on any atom is -0.462 e. The molecule has 0 unspecified atom stereocenters. The van der Waals surface area contributed by atoms with Gasteiger partial charge in [0.15, 0.2) is 18.4 Å². The molecule has 6 aliphatic heterocycles. The second-order valence-electron chi connectivity index (χ2n) is 19.7. The molecule has 0 aromatic heterocycles. The molecule has 0 aromatic rings. The lowest BCUT2D eigenvalue weighted by molar-refractivity contribution is -0.311. The molecule has 20 atom stereocenters. The Labute approximate surface area is 385 Å². The van der Waals surface area contributed by atoms with E-state index < -0.39 is 84.7 Å². The van der Waals surface area contributed by atoms with Crippen LogP contribution in [0.3, 0.4) is 0 Å². The van der Waals surface area contributed by atoms with Crippen LogP contribution in [0.4, 0.5) is 0 Å². The van der Waals surface area contributed by atoms with Gasteiger partial charge in [0.25, 0.3) is 0 Å². The van der Waals surface area contributed by atoms with E-state index in [4.69, 9.17) is 47.4 Å². The summed E-state index contributed by atoms with van der Waals surface area (Å²) in [5.41, 5.74) is 0.116. The summed E-state index contributed by atoms with van der Waals surface area (Å²) in [5.74, 6) is -2.75. The van der Waals surface area contributed by atoms with Crippen molar-refractivity contribution in [2.75, 3.05) is 20.8 Å². The number of methoxy groups -OCH3 is 2. The third kappa shape index (κ3) is 10.6. The lowest BCUT2D eigenvalue weighted by Crippen LogP contribution is -2.58. The molecule has 3 N–H and O–H groups in total. The highest BCUT2D eigenvalue weighted by atomic mass is 16.7. The van der Waals surface area contributed by atoms with Crippen LogP contribution in [-0.2, 0) is 57.0 Å². The Morgan fingerprint density at radius 2 is 1.65 bits per heavy atom. The summed E-state index contributed by atoms with van der Waals surface area (Å²) in [6.07, 6.45) is 9.46. The number of hydrogen-bond donors (Lipinski definition) is 3. The predicted octanol–water partition coefficient (Wildman–Crippen LogP) is 5.52. The fourth-order valence-corrected chi connectivity index (χ4v) is 11.0. The number of carbonyl (C=O) groups excluding carboxylic acids is 2. The van der Waals surface area contributed by atoms with Gasteiger partial charge in [-0.05, 0) is 62.8 Å². The van der Waals surface area contributed by atoms with Gasteiger partial charge in [-0.1, -0.05) is 70.6 Å². The second-order valence-corrected chi connectivity index (χ2v) is 19.7. The van der Waals surface area contributed by atoms with E-state index in [1.807, 2.05) is 39.0 Å². The molecule has 1 amide bonds. The molecule has 7 aliphatic rings. The average Bonchev–Trinajstić information content (AvgIpc) is 3.61. The van der Waals surface area contributed by atoms with Crippen molar-refractivity contribution in [3.05, 3.63) is 59.3 Å². The van der Waals surface area contributed by atoms with Gasteiger partial charge in [0.2, 0.25) is 5.91 Å². The predicted molar refractivity (Wildman–Crippen MR) is 239 cm³/mol. The topological polar surface area (TPSA) is 179 Å². The fourth-order valence-electron chi connectivity index (χ4n) is 11.0. The first-order valence-corrected chi connectivity index (χ1v) is 23.8. The van der Waals surface area contributed by atoms with E-state index in [-0.39, 0.29) is 61.0 Å². The molecular weight excluding hydrogens is 839 g/mol. The Kier molecular flexibility index (Phi) is 16.0. The summed E-state index contributed by atoms with van der Waals surface area (Å²) in [7, 11) is 3.27. The van der Waals surface area contributed by atoms with Crippen LogP contribution >= 0.6 is 0 Å². The van der Waals surface area contributed by atoms with Gasteiger partial charge in [-0.2, -0.15) is 0 Å². The van der Waals surface area contributed by atoms with Gasteiger partial charge in [0, 0.05) is 58.7 Å². The van der Waals surface area contributed by atoms with Gasteiger partial charge < -0.3 is 62.9 Å². The van der Waals surface area contributed by atoms with Crippen LogP contribution in [0.25, 0.3) is 0 Å². The largest absolute Gasteiger partial charge is 0.462 e. The lowest BCUT2D eigenvalue weighted by Gasteiger charge is -2.48. The normalized spacial score (nSPS) is 47.3. The maximum absolute atomic E-state index is 14.4. The molecule has 0 radical (unpaired) electrons. The molecule has 1 aliphatic carbocycles. The summed E-state index contributed by atoms with van der Waals surface area (Å²) in [4.78, 5) is 26.3. The molecule has 1 spiro atoms. The minimum absolute atomic E-state index is 0.0270. The van der Waals surface area contributed by atoms with Crippen molar-refractivity contribution in [3.63, 3.8) is 0 Å². The Balaban J connectivity index is 1.16. The zero-order valence-corrected chi connectivity index (χ0v) is 40.2. The standard InChI is InChI=1S/C50H75NO14/c1-12-26(2)45-29(5)18-19-49(65-45)24-36-21-35(64-49)17-16-28(4)44(27(3)14-13-15-34-25-58-47-43(53)30(6)20-37(48(54)61-36)50(34,47)55)62-41-23-39(57-11)46(32(8)60-41)63-40-22-38(56-10)42(31(7)59-40)51-33(9)52/h13-16,18-20,26-27,29,31-32,35-47,53,55H,12,17,21-25H2,1-11H3,(H,51,52)/b14-13+,28-16+,34-15+/t26-,27-,29-,31-,32-,35+,36-,37-,38+,39+,40-,41-,42+,43+,44-,45+,46-,47+,49+,50+/m0/s1. The van der Waals surface area contributed by atoms with Crippen molar-refractivity contribution in [3.8, 4) is 0 Å². The first-order valence-electron chi connectivity index (χ1n) is 23.8. The van der Waals surface area contributed by atoms with Gasteiger partial charge in [0.1, 0.15) is 35.9 Å². The number of allylic oxidation sites excluding steroid dienone is 2. The number of ether oxygens (including phenoxy) is 10. The Morgan fingerprint density at radius 3 is 2.35 bits per heavy atom. The third-order valence-electron chi connectivity index (χ3n) is 14.9. The maximum Gasteiger partial charge on any atom is 0.316 e. The molecule has 4 fully saturated rings. The van der Waals surface area contributed by atoms with Crippen molar-refractivity contribution < 1.29 is 67.2 Å². The fraction of sp³-hybridized carbons (Fsp3) is 0.760. The number of aliphatic hydroxyl groups is 2. The van der Waals surface area contributed by atoms with Crippen molar-refractivity contribution in [2.24, 2.45) is 23.7 Å². The van der Waals surface area contributed by atoms with Gasteiger partial charge in [0.05, 0.1) is 55.4 Å². The van der Waals surface area contributed by atoms with Crippen LogP contribution in [0.5, 0.6) is 0 Å². The Morgan fingerprint density at radius 1 is 0.938 bits per heavy atom. The summed E-state index contributed by atoms with van der Waals surface area (Å²) in [6.45, 7) is 17.7. The molecule has 7 rings (SSSR count). The summed E-state index contributed by atoms with van der Waals surface area (Å²) >= 11 is 0. The van der Waals surface area contributed by atoms with Crippen molar-refractivity contribution in [1.82, 2.24) is 5.32 Å². The zero-order valence-electron chi connectivity index (χ0n) is 40.2. The minimum atomic E-state index is -1.84. The Bertz CT molecular complexity index is 1850. The number of hydrogen-bond acceptors (Lipinski definition) is 14. The molecule has 4 saturated heterocycles. The van der Waals surface area contributed by atoms with Crippen molar-refractivity contribution in [2.45, 2.75) is 198 Å². The molecule has 15 nitrogen and oxygen atoms in total. The Hall–Kier alpha value is -2.80. The highest BCUT2D eigenvalue weighted by Crippen LogP contribution is 2.47. The number of esters is 1. The zero-order chi connectivity index (χ0) is 47.0. The van der Waals surface area contributed by atoms with Crippen LogP contribution in [-0.4, -0.2) is 140 Å². The van der Waals surface area contributed by atoms with E-state index in [1.54, 1.807) is 33.3 Å². The third-order valence-corrected chi connectivity index (χ3v) is 14.9. The number of rotatable bonds is 9. The summed E-state index contributed by atoms with van der Waals surface area (Å²) in [6, 6.07) is -0.315. The van der Waals surface area contributed by atoms with E-state index in [1.165, 1.54) is 6.92 Å². The molecule has 0 aromatic carbocycles. The SMILES string of the molecule is CC[C@H](C)[C@H]1O[C@]2(C=C[C@@H]1C)C[C@@H]1C[C@@H](C/C=C(\C)[C@@H](O[C@H]3C[C@@H](OC)[C@@H](O[C@H]4C[C@@H](OC)[C@H](NC(C)=O)[C@H](C)O4)[C@H](C)O3)[C@@H](C)/C=C/C=C3\CO[C@@H]4[C@H](O)C(C)=C[C@@H](C(=O)O1)[C@]34O)O2. The average molecular weight is 914 g/mol. The van der Waals surface area contributed by atoms with Gasteiger partial charge in [-0.25, -0.2) is 0 Å². The molecule has 364 valence electrons. The molecule has 65 heavy (non-hydrogen) atoms. The lowest BCUT2D eigenvalue weighted by atomic mass is 9.71. The molecule has 15 heteroatoms. The number of nitrogens with one attached hydrogen (secondary N) is 1. The number of amides is 1. The monoisotopic (exact) mass is 914 g/mol. The highest BCUT2D eigenvalue weighted by Gasteiger charge is 2.60. The number of aliphatic hydroxyl groups excluding tert-OH is 1. The van der Waals surface area contributed by atoms with E-state index in [0.29, 0.717) is 36.8 Å². The first-order chi connectivity index (χ1) is 30.9. The van der Waals surface area contributed by atoms with Crippen molar-refractivity contribution >= 4 is 11.9 Å². The van der Waals surface area contributed by atoms with Gasteiger partial charge >= 0.3 is 5.97 Å². The first kappa shape index (κ1) is 50.1. The van der Waals surface area contributed by atoms with Crippen molar-refractivity contribution in [1.29, 1.82) is 0 Å². The number of carbonyl (C=O) groups is 2. The van der Waals surface area contributed by atoms with Crippen LogP contribution in [0.15, 0.2) is 59.3 Å². The van der Waals surface area contributed by atoms with E-state index >= 15 is 0 Å². The van der Waals surface area contributed by atoms with E-state index in [2.05, 4.69) is 45.2 Å². The van der Waals surface area contributed by atoms with Crippen LogP contribution in [0, 0.1) is 23.7 Å². The molecule has 2 bridgehead atoms. The maximum atomic E-state index is 14.4. The van der Waals surface area contributed by atoms with Gasteiger partial charge in [-0.3, -0.25) is 9.59 Å².